The van der Waals surface area contributed by atoms with Crippen molar-refractivity contribution in [2.24, 2.45) is 5.92 Å². The van der Waals surface area contributed by atoms with Gasteiger partial charge in [-0.3, -0.25) is 4.79 Å². The van der Waals surface area contributed by atoms with Gasteiger partial charge >= 0.3 is 0 Å². The number of hydrogen-bond donors (Lipinski definition) is 1. The van der Waals surface area contributed by atoms with Crippen LogP contribution in [0.25, 0.3) is 11.3 Å². The molecule has 1 saturated heterocycles. The van der Waals surface area contributed by atoms with E-state index in [0.717, 1.165) is 49.6 Å². The zero-order valence-corrected chi connectivity index (χ0v) is 16.1. The Morgan fingerprint density at radius 3 is 2.74 bits per heavy atom. The summed E-state index contributed by atoms with van der Waals surface area (Å²) in [5.41, 5.74) is 3.33. The van der Waals surface area contributed by atoms with Crippen LogP contribution in [-0.2, 0) is 4.74 Å². The third-order valence-corrected chi connectivity index (χ3v) is 5.01. The molecule has 1 aromatic carbocycles. The summed E-state index contributed by atoms with van der Waals surface area (Å²) in [6.07, 6.45) is 2.34. The van der Waals surface area contributed by atoms with Crippen molar-refractivity contribution in [2.45, 2.75) is 19.8 Å². The molecule has 0 bridgehead atoms. The molecule has 2 heterocycles. The third-order valence-electron chi connectivity index (χ3n) is 5.01. The van der Waals surface area contributed by atoms with Gasteiger partial charge < -0.3 is 15.0 Å². The van der Waals surface area contributed by atoms with Crippen LogP contribution in [0.3, 0.4) is 0 Å². The van der Waals surface area contributed by atoms with E-state index >= 15 is 0 Å². The monoisotopic (exact) mass is 368 g/mol. The van der Waals surface area contributed by atoms with Crippen LogP contribution in [0, 0.1) is 12.8 Å². The van der Waals surface area contributed by atoms with Gasteiger partial charge in [0, 0.05) is 37.9 Å². The van der Waals surface area contributed by atoms with Crippen LogP contribution in [0.2, 0.25) is 0 Å². The average Bonchev–Trinajstić information content (AvgIpc) is 2.71. The van der Waals surface area contributed by atoms with Crippen LogP contribution in [-0.4, -0.2) is 60.9 Å². The van der Waals surface area contributed by atoms with E-state index in [1.807, 2.05) is 43.3 Å². The maximum Gasteiger partial charge on any atom is 0.251 e. The van der Waals surface area contributed by atoms with E-state index in [1.54, 1.807) is 7.11 Å². The number of rotatable bonds is 7. The highest BCUT2D eigenvalue weighted by atomic mass is 16.5. The van der Waals surface area contributed by atoms with Gasteiger partial charge in [-0.15, -0.1) is 0 Å². The quantitative estimate of drug-likeness (QED) is 0.813. The van der Waals surface area contributed by atoms with Gasteiger partial charge in [-0.05, 0) is 56.5 Å². The summed E-state index contributed by atoms with van der Waals surface area (Å²) in [7, 11) is 1.73. The minimum atomic E-state index is -0.0226. The van der Waals surface area contributed by atoms with Crippen molar-refractivity contribution in [3.63, 3.8) is 0 Å². The number of aromatic nitrogens is 2. The second kappa shape index (κ2) is 9.58. The zero-order valence-electron chi connectivity index (χ0n) is 16.1. The Balaban J connectivity index is 1.51. The van der Waals surface area contributed by atoms with Crippen molar-refractivity contribution >= 4 is 5.91 Å². The highest BCUT2D eigenvalue weighted by Gasteiger charge is 2.20. The molecular weight excluding hydrogens is 340 g/mol. The average molecular weight is 368 g/mol. The first-order valence-corrected chi connectivity index (χ1v) is 9.56. The molecule has 1 atom stereocenters. The summed E-state index contributed by atoms with van der Waals surface area (Å²) in [6, 6.07) is 11.4. The highest BCUT2D eigenvalue weighted by Crippen LogP contribution is 2.18. The number of nitrogens with zero attached hydrogens (tertiary/aromatic N) is 3. The van der Waals surface area contributed by atoms with Gasteiger partial charge in [-0.25, -0.2) is 0 Å². The number of amides is 1. The Morgan fingerprint density at radius 1 is 1.22 bits per heavy atom. The molecule has 0 saturated carbocycles. The smallest absolute Gasteiger partial charge is 0.251 e. The van der Waals surface area contributed by atoms with Crippen LogP contribution < -0.4 is 5.32 Å². The Morgan fingerprint density at radius 2 is 2.04 bits per heavy atom. The number of methoxy groups -OCH3 is 1. The van der Waals surface area contributed by atoms with Gasteiger partial charge in [0.2, 0.25) is 0 Å². The highest BCUT2D eigenvalue weighted by molar-refractivity contribution is 5.94. The summed E-state index contributed by atoms with van der Waals surface area (Å²) < 4.78 is 5.16. The van der Waals surface area contributed by atoms with Crippen molar-refractivity contribution in [2.75, 3.05) is 39.9 Å². The zero-order chi connectivity index (χ0) is 19.1. The van der Waals surface area contributed by atoms with Gasteiger partial charge in [0.25, 0.3) is 5.91 Å². The number of nitrogens with one attached hydrogen (secondary N) is 1. The van der Waals surface area contributed by atoms with Crippen LogP contribution >= 0.6 is 0 Å². The van der Waals surface area contributed by atoms with Crippen molar-refractivity contribution in [3.8, 4) is 11.3 Å². The molecule has 1 aliphatic rings. The molecule has 2 aromatic rings. The topological polar surface area (TPSA) is 67.3 Å². The summed E-state index contributed by atoms with van der Waals surface area (Å²) >= 11 is 0. The summed E-state index contributed by atoms with van der Waals surface area (Å²) in [4.78, 5) is 14.9. The first-order valence-electron chi connectivity index (χ1n) is 9.56. The molecule has 3 rings (SSSR count). The number of piperidine rings is 1. The van der Waals surface area contributed by atoms with Gasteiger partial charge in [0.1, 0.15) is 0 Å². The molecule has 6 heteroatoms. The standard InChI is InChI=1S/C21H28N4O2/c1-16-5-10-20(24-23-16)18-6-8-19(9-7-18)21(26)22-14-17-4-3-11-25(15-17)12-13-27-2/h5-10,17H,3-4,11-15H2,1-2H3,(H,22,26). The molecule has 0 aliphatic carbocycles. The number of aryl methyl sites for hydroxylation is 1. The molecule has 0 radical (unpaired) electrons. The summed E-state index contributed by atoms with van der Waals surface area (Å²) in [6.45, 7) is 6.49. The van der Waals surface area contributed by atoms with E-state index < -0.39 is 0 Å². The lowest BCUT2D eigenvalue weighted by atomic mass is 9.98. The number of hydrogen-bond acceptors (Lipinski definition) is 5. The lowest BCUT2D eigenvalue weighted by molar-refractivity contribution is 0.0913. The Labute approximate surface area is 160 Å². The summed E-state index contributed by atoms with van der Waals surface area (Å²) in [5, 5.41) is 11.3. The first-order chi connectivity index (χ1) is 13.2. The van der Waals surface area contributed by atoms with Crippen LogP contribution in [0.4, 0.5) is 0 Å². The molecule has 1 aromatic heterocycles. The number of carbonyl (C=O) groups excluding carboxylic acids is 1. The molecule has 1 N–H and O–H groups in total. The van der Waals surface area contributed by atoms with Gasteiger partial charge in [-0.2, -0.15) is 10.2 Å². The van der Waals surface area contributed by atoms with Crippen molar-refractivity contribution in [3.05, 3.63) is 47.7 Å². The van der Waals surface area contributed by atoms with E-state index in [-0.39, 0.29) is 5.91 Å². The second-order valence-electron chi connectivity index (χ2n) is 7.15. The number of likely N-dealkylation sites (tertiary alicyclic amines) is 1. The number of carbonyl (C=O) groups is 1. The summed E-state index contributed by atoms with van der Waals surface area (Å²) in [5.74, 6) is 0.479. The van der Waals surface area contributed by atoms with E-state index in [1.165, 1.54) is 6.42 Å². The molecule has 1 fully saturated rings. The van der Waals surface area contributed by atoms with Crippen molar-refractivity contribution < 1.29 is 9.53 Å². The van der Waals surface area contributed by atoms with Crippen molar-refractivity contribution in [1.29, 1.82) is 0 Å². The van der Waals surface area contributed by atoms with E-state index in [0.29, 0.717) is 18.0 Å². The van der Waals surface area contributed by atoms with Crippen LogP contribution in [0.1, 0.15) is 28.9 Å². The fourth-order valence-electron chi connectivity index (χ4n) is 3.43. The van der Waals surface area contributed by atoms with Gasteiger partial charge in [0.05, 0.1) is 18.0 Å². The molecule has 0 spiro atoms. The molecule has 6 nitrogen and oxygen atoms in total. The maximum atomic E-state index is 12.5. The Hall–Kier alpha value is -2.31. The number of ether oxygens (including phenoxy) is 1. The van der Waals surface area contributed by atoms with Gasteiger partial charge in [-0.1, -0.05) is 12.1 Å². The largest absolute Gasteiger partial charge is 0.383 e. The molecule has 1 aliphatic heterocycles. The fourth-order valence-corrected chi connectivity index (χ4v) is 3.43. The minimum Gasteiger partial charge on any atom is -0.383 e. The minimum absolute atomic E-state index is 0.0226. The number of benzene rings is 1. The normalized spacial score (nSPS) is 17.6. The van der Waals surface area contributed by atoms with E-state index in [4.69, 9.17) is 4.74 Å². The third kappa shape index (κ3) is 5.58. The lowest BCUT2D eigenvalue weighted by Crippen LogP contribution is -2.42. The molecule has 1 unspecified atom stereocenters. The van der Waals surface area contributed by atoms with Crippen LogP contribution in [0.15, 0.2) is 36.4 Å². The molecule has 27 heavy (non-hydrogen) atoms. The molecule has 1 amide bonds. The lowest BCUT2D eigenvalue weighted by Gasteiger charge is -2.32. The first kappa shape index (κ1) is 19.5. The predicted octanol–water partition coefficient (Wildman–Crippen LogP) is 2.54. The fraction of sp³-hybridized carbons (Fsp3) is 0.476. The SMILES string of the molecule is COCCN1CCCC(CNC(=O)c2ccc(-c3ccc(C)nn3)cc2)C1. The Bertz CT molecular complexity index is 731. The molecule has 144 valence electrons. The Kier molecular flexibility index (Phi) is 6.90. The predicted molar refractivity (Wildman–Crippen MR) is 106 cm³/mol. The van der Waals surface area contributed by atoms with Gasteiger partial charge in [0.15, 0.2) is 0 Å². The van der Waals surface area contributed by atoms with Crippen molar-refractivity contribution in [1.82, 2.24) is 20.4 Å². The van der Waals surface area contributed by atoms with E-state index in [9.17, 15) is 4.79 Å². The van der Waals surface area contributed by atoms with Crippen LogP contribution in [0.5, 0.6) is 0 Å². The molecular formula is C21H28N4O2. The maximum absolute atomic E-state index is 12.5. The van der Waals surface area contributed by atoms with E-state index in [2.05, 4.69) is 20.4 Å². The second-order valence-corrected chi connectivity index (χ2v) is 7.15.